The lowest BCUT2D eigenvalue weighted by Gasteiger charge is -2.39. The number of halogens is 1. The first-order valence-corrected chi connectivity index (χ1v) is 25.5. The molecule has 0 saturated carbocycles. The molecule has 0 radical (unpaired) electrons. The van der Waals surface area contributed by atoms with E-state index in [1.165, 1.54) is 20.2 Å². The van der Waals surface area contributed by atoms with Gasteiger partial charge >= 0.3 is 0 Å². The molecule has 4 amide bonds. The van der Waals surface area contributed by atoms with Gasteiger partial charge in [-0.25, -0.2) is 0 Å². The number of benzene rings is 2. The van der Waals surface area contributed by atoms with Crippen molar-refractivity contribution in [3.8, 4) is 15.4 Å². The van der Waals surface area contributed by atoms with Crippen molar-refractivity contribution in [2.75, 3.05) is 39.5 Å². The van der Waals surface area contributed by atoms with Gasteiger partial charge in [-0.3, -0.25) is 28.7 Å². The zero-order valence-electron chi connectivity index (χ0n) is 40.4. The van der Waals surface area contributed by atoms with Crippen LogP contribution >= 0.6 is 34.3 Å². The van der Waals surface area contributed by atoms with E-state index < -0.39 is 41.5 Å². The number of β-amino-alcohol motifs (C(OH)–C–C–N with tert-alkyl or cyclic N) is 1. The Morgan fingerprint density at radius 3 is 2.32 bits per heavy atom. The van der Waals surface area contributed by atoms with Crippen LogP contribution in [0.4, 0.5) is 0 Å². The number of amides is 4. The highest BCUT2D eigenvalue weighted by Gasteiger charge is 2.45. The molecule has 6 heterocycles. The molecule has 3 N–H and O–H groups in total. The average molecular weight is 998 g/mol. The van der Waals surface area contributed by atoms with E-state index in [1.54, 1.807) is 27.6 Å². The highest BCUT2D eigenvalue weighted by atomic mass is 35.5. The van der Waals surface area contributed by atoms with Gasteiger partial charge < -0.3 is 35.0 Å². The minimum absolute atomic E-state index is 0.0211. The van der Waals surface area contributed by atoms with Crippen molar-refractivity contribution in [3.05, 3.63) is 109 Å². The summed E-state index contributed by atoms with van der Waals surface area (Å²) in [7, 11) is 0. The number of aryl methyl sites for hydroxylation is 3. The quantitative estimate of drug-likeness (QED) is 0.0860. The molecule has 5 aromatic rings. The van der Waals surface area contributed by atoms with Crippen LogP contribution in [0.1, 0.15) is 103 Å². The molecule has 0 bridgehead atoms. The number of nitrogens with one attached hydrogen (secondary N) is 2. The molecule has 0 unspecified atom stereocenters. The number of likely N-dealkylation sites (tertiary alicyclic amines) is 2. The zero-order valence-corrected chi connectivity index (χ0v) is 42.8. The summed E-state index contributed by atoms with van der Waals surface area (Å²) in [6.07, 6.45) is -0.288. The van der Waals surface area contributed by atoms with Gasteiger partial charge in [-0.1, -0.05) is 68.8 Å². The molecule has 69 heavy (non-hydrogen) atoms. The Morgan fingerprint density at radius 2 is 1.64 bits per heavy atom. The van der Waals surface area contributed by atoms with Crippen molar-refractivity contribution in [2.45, 2.75) is 111 Å². The zero-order chi connectivity index (χ0) is 49.3. The van der Waals surface area contributed by atoms with E-state index in [1.807, 2.05) is 87.7 Å². The topological polar surface area (TPSA) is 181 Å². The minimum Gasteiger partial charge on any atom is -0.391 e. The normalized spacial score (nSPS) is 19.0. The lowest BCUT2D eigenvalue weighted by atomic mass is 9.85. The second-order valence-electron chi connectivity index (χ2n) is 19.4. The van der Waals surface area contributed by atoms with Crippen LogP contribution < -0.4 is 10.6 Å². The first kappa shape index (κ1) is 50.1. The smallest absolute Gasteiger partial charge is 0.246 e. The third kappa shape index (κ3) is 11.0. The predicted octanol–water partition coefficient (Wildman–Crippen LogP) is 7.23. The van der Waals surface area contributed by atoms with Crippen LogP contribution in [0.2, 0.25) is 5.02 Å². The van der Waals surface area contributed by atoms with Crippen LogP contribution in [0.15, 0.2) is 65.0 Å². The predicted molar refractivity (Wildman–Crippen MR) is 268 cm³/mol. The summed E-state index contributed by atoms with van der Waals surface area (Å²) in [5.74, 6) is 0.0223. The van der Waals surface area contributed by atoms with Gasteiger partial charge in [-0.15, -0.1) is 32.9 Å². The largest absolute Gasteiger partial charge is 0.391 e. The van der Waals surface area contributed by atoms with Crippen LogP contribution in [-0.4, -0.2) is 123 Å². The number of ether oxygens (including phenoxy) is 2. The van der Waals surface area contributed by atoms with Crippen LogP contribution in [0, 0.1) is 33.1 Å². The van der Waals surface area contributed by atoms with Gasteiger partial charge in [0, 0.05) is 65.2 Å². The SMILES string of the molecule is Cc1ccsc1-c1ccc([C@H](C)NC(=O)[C@@H]2C[C@@H](O)CN2C(=O)[C@@H](NC(=O)COCCCOC2CN(C(=O)C[C@@H]3N=C(c4ccc(Cl)cc4)c4c(sc(C)c4C)-n4c(C)nnc43)C2)C(C)(C)C)cc1. The van der Waals surface area contributed by atoms with Crippen molar-refractivity contribution < 1.29 is 33.8 Å². The number of carbonyl (C=O) groups excluding carboxylic acids is 4. The summed E-state index contributed by atoms with van der Waals surface area (Å²) in [4.78, 5) is 65.5. The number of aliphatic imine (C=N–C) groups is 1. The van der Waals surface area contributed by atoms with Crippen molar-refractivity contribution >= 4 is 63.6 Å². The molecule has 18 heteroatoms. The van der Waals surface area contributed by atoms with Crippen LogP contribution in [0.3, 0.4) is 0 Å². The Balaban J connectivity index is 0.782. The number of aliphatic hydroxyl groups is 1. The fourth-order valence-electron chi connectivity index (χ4n) is 9.06. The highest BCUT2D eigenvalue weighted by Crippen LogP contribution is 2.40. The van der Waals surface area contributed by atoms with E-state index in [0.29, 0.717) is 37.0 Å². The number of carbonyl (C=O) groups is 4. The second-order valence-corrected chi connectivity index (χ2v) is 21.9. The molecule has 3 aliphatic heterocycles. The van der Waals surface area contributed by atoms with Gasteiger partial charge in [0.05, 0.1) is 30.4 Å². The van der Waals surface area contributed by atoms with Crippen LogP contribution in [0.25, 0.3) is 15.4 Å². The third-order valence-corrected chi connectivity index (χ3v) is 15.6. The monoisotopic (exact) mass is 996 g/mol. The molecule has 3 aliphatic rings. The maximum Gasteiger partial charge on any atom is 0.246 e. The number of aromatic nitrogens is 3. The molecular weight excluding hydrogens is 936 g/mol. The Hall–Kier alpha value is -5.30. The number of hydrogen-bond donors (Lipinski definition) is 3. The lowest BCUT2D eigenvalue weighted by molar-refractivity contribution is -0.146. The lowest BCUT2D eigenvalue weighted by Crippen LogP contribution is -2.58. The fourth-order valence-corrected chi connectivity index (χ4v) is 11.3. The number of fused-ring (bicyclic) bond motifs is 3. The van der Waals surface area contributed by atoms with Gasteiger partial charge in [0.25, 0.3) is 0 Å². The van der Waals surface area contributed by atoms with E-state index in [-0.39, 0.29) is 56.6 Å². The van der Waals surface area contributed by atoms with Crippen molar-refractivity contribution in [1.82, 2.24) is 35.2 Å². The molecule has 3 aromatic heterocycles. The maximum atomic E-state index is 14.1. The molecule has 2 aromatic carbocycles. The molecule has 0 spiro atoms. The van der Waals surface area contributed by atoms with E-state index >= 15 is 0 Å². The summed E-state index contributed by atoms with van der Waals surface area (Å²) >= 11 is 9.61. The summed E-state index contributed by atoms with van der Waals surface area (Å²) in [5.41, 5.74) is 6.36. The van der Waals surface area contributed by atoms with Crippen molar-refractivity contribution in [1.29, 1.82) is 0 Å². The third-order valence-electron chi connectivity index (χ3n) is 13.1. The van der Waals surface area contributed by atoms with Crippen LogP contribution in [0.5, 0.6) is 0 Å². The number of aliphatic hydroxyl groups excluding tert-OH is 1. The molecule has 5 atom stereocenters. The second kappa shape index (κ2) is 21.0. The number of hydrogen-bond acceptors (Lipinski definition) is 12. The van der Waals surface area contributed by atoms with Crippen molar-refractivity contribution in [3.63, 3.8) is 0 Å². The molecule has 0 aliphatic carbocycles. The Kier molecular flexibility index (Phi) is 15.2. The van der Waals surface area contributed by atoms with E-state index in [4.69, 9.17) is 26.1 Å². The van der Waals surface area contributed by atoms with Crippen LogP contribution in [-0.2, 0) is 28.7 Å². The number of rotatable bonds is 16. The van der Waals surface area contributed by atoms with Gasteiger partial charge in [-0.05, 0) is 92.3 Å². The molecule has 15 nitrogen and oxygen atoms in total. The Bertz CT molecular complexity index is 2720. The van der Waals surface area contributed by atoms with Gasteiger partial charge in [0.2, 0.25) is 23.6 Å². The first-order chi connectivity index (χ1) is 32.9. The van der Waals surface area contributed by atoms with Gasteiger partial charge in [0.1, 0.15) is 35.6 Å². The highest BCUT2D eigenvalue weighted by molar-refractivity contribution is 7.15. The Labute approximate surface area is 416 Å². The summed E-state index contributed by atoms with van der Waals surface area (Å²) in [6.45, 7) is 16.8. The van der Waals surface area contributed by atoms with Crippen molar-refractivity contribution in [2.24, 2.45) is 10.4 Å². The Morgan fingerprint density at radius 1 is 0.928 bits per heavy atom. The first-order valence-electron chi connectivity index (χ1n) is 23.4. The van der Waals surface area contributed by atoms with Gasteiger partial charge in [-0.2, -0.15) is 0 Å². The standard InChI is InChI=1S/C51H61ClN8O7S2/c1-28-18-21-68-45(28)35-12-10-33(11-13-35)30(3)53-48(64)40-22-37(61)24-59(40)49(65)46(51(6,7)8)55-41(62)27-66-19-9-20-67-38-25-58(26-38)42(63)23-39-47-57-56-32(5)60(47)50-43(29(2)31(4)69-50)44(54-39)34-14-16-36(52)17-15-34/h10-18,21,30,37-40,46,61H,9,19-20,22-27H2,1-8H3,(H,53,64)(H,55,62)/t30-,37+,39-,40-,46+/m0/s1. The number of thiophene rings is 2. The maximum absolute atomic E-state index is 14.1. The molecule has 8 rings (SSSR count). The number of nitrogens with zero attached hydrogens (tertiary/aromatic N) is 6. The van der Waals surface area contributed by atoms with E-state index in [2.05, 4.69) is 53.0 Å². The summed E-state index contributed by atoms with van der Waals surface area (Å²) in [5, 5.41) is 29.2. The molecule has 2 fully saturated rings. The fraction of sp³-hybridized carbons (Fsp3) is 0.471. The summed E-state index contributed by atoms with van der Waals surface area (Å²) in [6, 6.07) is 15.0. The summed E-state index contributed by atoms with van der Waals surface area (Å²) < 4.78 is 13.8. The molecule has 2 saturated heterocycles. The van der Waals surface area contributed by atoms with E-state index in [0.717, 1.165) is 44.4 Å². The minimum atomic E-state index is -0.975. The molecular formula is C51H61ClN8O7S2. The molecule has 366 valence electrons. The van der Waals surface area contributed by atoms with Gasteiger partial charge in [0.15, 0.2) is 5.82 Å². The van der Waals surface area contributed by atoms with E-state index in [9.17, 15) is 24.3 Å². The average Bonchev–Trinajstić information content (AvgIpc) is 4.06.